The number of hydrogen-bond donors (Lipinski definition) is 1. The van der Waals surface area contributed by atoms with Crippen molar-refractivity contribution in [2.24, 2.45) is 7.05 Å². The number of nitrogens with zero attached hydrogens (tertiary/aromatic N) is 6. The zero-order valence-electron chi connectivity index (χ0n) is 15.1. The molecular formula is C19H14F3N7. The summed E-state index contributed by atoms with van der Waals surface area (Å²) in [7, 11) is 1.92. The number of H-pyrrole nitrogens is 1. The molecule has 29 heavy (non-hydrogen) atoms. The molecule has 4 aromatic heterocycles. The van der Waals surface area contributed by atoms with Gasteiger partial charge in [-0.1, -0.05) is 6.07 Å². The van der Waals surface area contributed by atoms with Gasteiger partial charge in [0.2, 0.25) is 0 Å². The van der Waals surface area contributed by atoms with E-state index in [2.05, 4.69) is 25.0 Å². The number of aryl methyl sites for hydroxylation is 1. The van der Waals surface area contributed by atoms with Crippen molar-refractivity contribution in [3.8, 4) is 22.4 Å². The van der Waals surface area contributed by atoms with Gasteiger partial charge >= 0.3 is 6.18 Å². The zero-order chi connectivity index (χ0) is 20.2. The molecule has 0 atom stereocenters. The first-order valence-corrected chi connectivity index (χ1v) is 8.72. The molecule has 10 heteroatoms. The van der Waals surface area contributed by atoms with Crippen LogP contribution in [0.15, 0.2) is 49.3 Å². The summed E-state index contributed by atoms with van der Waals surface area (Å²) in [6, 6.07) is 5.90. The van der Waals surface area contributed by atoms with Gasteiger partial charge in [0.05, 0.1) is 35.4 Å². The highest BCUT2D eigenvalue weighted by Gasteiger charge is 2.28. The van der Waals surface area contributed by atoms with Crippen LogP contribution in [0.3, 0.4) is 0 Å². The van der Waals surface area contributed by atoms with Crippen LogP contribution in [0.25, 0.3) is 44.6 Å². The van der Waals surface area contributed by atoms with Gasteiger partial charge in [-0.05, 0) is 17.7 Å². The minimum Gasteiger partial charge on any atom is -0.344 e. The molecule has 0 aliphatic rings. The van der Waals surface area contributed by atoms with Gasteiger partial charge in [-0.3, -0.25) is 4.68 Å². The molecule has 0 amide bonds. The Morgan fingerprint density at radius 2 is 1.97 bits per heavy atom. The van der Waals surface area contributed by atoms with Crippen LogP contribution in [-0.4, -0.2) is 40.5 Å². The molecule has 146 valence electrons. The second-order valence-electron chi connectivity index (χ2n) is 6.76. The number of nitrogens with one attached hydrogen (secondary N) is 1. The maximum Gasteiger partial charge on any atom is 0.408 e. The summed E-state index contributed by atoms with van der Waals surface area (Å²) >= 11 is 0. The van der Waals surface area contributed by atoms with Crippen molar-refractivity contribution in [3.05, 3.63) is 49.3 Å². The lowest BCUT2D eigenvalue weighted by atomic mass is 10.1. The Balaban J connectivity index is 1.57. The summed E-state index contributed by atoms with van der Waals surface area (Å²) in [5.74, 6) is 0. The van der Waals surface area contributed by atoms with E-state index in [4.69, 9.17) is 0 Å². The summed E-state index contributed by atoms with van der Waals surface area (Å²) in [5.41, 5.74) is 5.80. The normalized spacial score (nSPS) is 12.3. The molecule has 0 fully saturated rings. The van der Waals surface area contributed by atoms with E-state index in [1.54, 1.807) is 6.33 Å². The molecule has 5 rings (SSSR count). The van der Waals surface area contributed by atoms with E-state index >= 15 is 0 Å². The van der Waals surface area contributed by atoms with E-state index in [9.17, 15) is 13.2 Å². The maximum absolute atomic E-state index is 12.6. The largest absolute Gasteiger partial charge is 0.408 e. The summed E-state index contributed by atoms with van der Waals surface area (Å²) in [5, 5.41) is 3.78. The molecular weight excluding hydrogens is 383 g/mol. The van der Waals surface area contributed by atoms with Crippen molar-refractivity contribution < 1.29 is 13.2 Å². The highest BCUT2D eigenvalue weighted by molar-refractivity contribution is 5.94. The summed E-state index contributed by atoms with van der Waals surface area (Å²) in [6.45, 7) is -1.15. The fourth-order valence-corrected chi connectivity index (χ4v) is 3.31. The lowest BCUT2D eigenvalue weighted by molar-refractivity contribution is -0.142. The summed E-state index contributed by atoms with van der Waals surface area (Å²) < 4.78 is 40.5. The van der Waals surface area contributed by atoms with Crippen LogP contribution in [0.1, 0.15) is 0 Å². The van der Waals surface area contributed by atoms with Crippen molar-refractivity contribution in [2.75, 3.05) is 0 Å². The van der Waals surface area contributed by atoms with Gasteiger partial charge in [-0.2, -0.15) is 18.3 Å². The Labute approximate surface area is 161 Å². The molecule has 1 N–H and O–H groups in total. The number of halogens is 3. The van der Waals surface area contributed by atoms with E-state index in [1.807, 2.05) is 36.0 Å². The minimum atomic E-state index is -4.34. The molecule has 1 aromatic carbocycles. The van der Waals surface area contributed by atoms with E-state index in [0.717, 1.165) is 26.8 Å². The molecule has 5 aromatic rings. The number of aromatic amines is 1. The molecule has 4 heterocycles. The summed E-state index contributed by atoms with van der Waals surface area (Å²) in [4.78, 5) is 16.4. The Bertz CT molecular complexity index is 1340. The van der Waals surface area contributed by atoms with Crippen LogP contribution >= 0.6 is 0 Å². The first-order valence-electron chi connectivity index (χ1n) is 8.72. The third-order valence-corrected chi connectivity index (χ3v) is 4.69. The SMILES string of the molecule is Cn1cnc2ccc(-c3c[nH]c4ncc(-c5cnn(CC(F)(F)F)c5)nc34)cc21. The number of aromatic nitrogens is 7. The van der Waals surface area contributed by atoms with E-state index in [0.29, 0.717) is 22.4 Å². The molecule has 7 nitrogen and oxygen atoms in total. The average Bonchev–Trinajstić information content (AvgIpc) is 3.39. The van der Waals surface area contributed by atoms with Crippen LogP contribution in [0.5, 0.6) is 0 Å². The van der Waals surface area contributed by atoms with Crippen molar-refractivity contribution in [3.63, 3.8) is 0 Å². The van der Waals surface area contributed by atoms with Crippen LogP contribution < -0.4 is 0 Å². The van der Waals surface area contributed by atoms with Crippen molar-refractivity contribution in [2.45, 2.75) is 12.7 Å². The van der Waals surface area contributed by atoms with Gasteiger partial charge < -0.3 is 9.55 Å². The number of rotatable bonds is 3. The number of hydrogen-bond acceptors (Lipinski definition) is 4. The van der Waals surface area contributed by atoms with Gasteiger partial charge in [0, 0.05) is 30.6 Å². The molecule has 0 saturated carbocycles. The van der Waals surface area contributed by atoms with Gasteiger partial charge in [-0.15, -0.1) is 0 Å². The predicted octanol–water partition coefficient (Wildman–Crippen LogP) is 3.94. The van der Waals surface area contributed by atoms with E-state index in [-0.39, 0.29) is 0 Å². The van der Waals surface area contributed by atoms with Crippen molar-refractivity contribution >= 4 is 22.2 Å². The van der Waals surface area contributed by atoms with E-state index < -0.39 is 12.7 Å². The Hall–Kier alpha value is -3.69. The van der Waals surface area contributed by atoms with Crippen molar-refractivity contribution in [1.29, 1.82) is 0 Å². The van der Waals surface area contributed by atoms with Crippen molar-refractivity contribution in [1.82, 2.24) is 34.3 Å². The van der Waals surface area contributed by atoms with E-state index in [1.165, 1.54) is 18.6 Å². The molecule has 0 spiro atoms. The van der Waals surface area contributed by atoms with Crippen LogP contribution in [0, 0.1) is 0 Å². The molecule has 0 bridgehead atoms. The Morgan fingerprint density at radius 1 is 1.10 bits per heavy atom. The zero-order valence-corrected chi connectivity index (χ0v) is 15.1. The molecule has 0 saturated heterocycles. The third kappa shape index (κ3) is 3.12. The number of benzene rings is 1. The minimum absolute atomic E-state index is 0.452. The first-order chi connectivity index (χ1) is 13.9. The Kier molecular flexibility index (Phi) is 3.70. The highest BCUT2D eigenvalue weighted by Crippen LogP contribution is 2.30. The fraction of sp³-hybridized carbons (Fsp3) is 0.158. The molecule has 0 unspecified atom stereocenters. The molecule has 0 radical (unpaired) electrons. The molecule has 0 aliphatic heterocycles. The number of imidazole rings is 1. The predicted molar refractivity (Wildman–Crippen MR) is 101 cm³/mol. The third-order valence-electron chi connectivity index (χ3n) is 4.69. The van der Waals surface area contributed by atoms with Crippen LogP contribution in [0.4, 0.5) is 13.2 Å². The second kappa shape index (κ2) is 6.16. The quantitative estimate of drug-likeness (QED) is 0.500. The highest BCUT2D eigenvalue weighted by atomic mass is 19.4. The number of fused-ring (bicyclic) bond motifs is 2. The lowest BCUT2D eigenvalue weighted by Gasteiger charge is -2.05. The average molecular weight is 397 g/mol. The second-order valence-corrected chi connectivity index (χ2v) is 6.76. The first kappa shape index (κ1) is 17.4. The smallest absolute Gasteiger partial charge is 0.344 e. The van der Waals surface area contributed by atoms with Gasteiger partial charge in [0.15, 0.2) is 5.65 Å². The molecule has 0 aliphatic carbocycles. The van der Waals surface area contributed by atoms with Crippen LogP contribution in [-0.2, 0) is 13.6 Å². The Morgan fingerprint density at radius 3 is 2.79 bits per heavy atom. The lowest BCUT2D eigenvalue weighted by Crippen LogP contribution is -2.17. The standard InChI is InChI=1S/C19H14F3N7/c1-28-10-25-14-3-2-11(4-16(14)28)13-6-23-18-17(13)27-15(7-24-18)12-5-26-29(8-12)9-19(20,21)22/h2-8,10H,9H2,1H3,(H,23,24). The van der Waals surface area contributed by atoms with Gasteiger partial charge in [0.25, 0.3) is 0 Å². The summed E-state index contributed by atoms with van der Waals surface area (Å²) in [6.07, 6.45) is 3.42. The number of alkyl halides is 3. The van der Waals surface area contributed by atoms with Crippen LogP contribution in [0.2, 0.25) is 0 Å². The van der Waals surface area contributed by atoms with Gasteiger partial charge in [-0.25, -0.2) is 15.0 Å². The van der Waals surface area contributed by atoms with Gasteiger partial charge in [0.1, 0.15) is 12.1 Å². The monoisotopic (exact) mass is 397 g/mol. The fourth-order valence-electron chi connectivity index (χ4n) is 3.31. The topological polar surface area (TPSA) is 77.2 Å². The maximum atomic E-state index is 12.6.